The van der Waals surface area contributed by atoms with Crippen molar-refractivity contribution < 1.29 is 33.0 Å². The van der Waals surface area contributed by atoms with E-state index in [1.807, 2.05) is 0 Å². The van der Waals surface area contributed by atoms with Gasteiger partial charge in [0.25, 0.3) is 0 Å². The Morgan fingerprint density at radius 3 is 2.42 bits per heavy atom. The van der Waals surface area contributed by atoms with Gasteiger partial charge in [0.05, 0.1) is 20.8 Å². The average Bonchev–Trinajstić information content (AvgIpc) is 2.55. The number of benzene rings is 1. The van der Waals surface area contributed by atoms with E-state index in [1.54, 1.807) is 0 Å². The second kappa shape index (κ2) is 7.42. The predicted molar refractivity (Wildman–Crippen MR) is 80.9 cm³/mol. The molecule has 0 aliphatic carbocycles. The molecular weight excluding hydrogens is 319 g/mol. The van der Waals surface area contributed by atoms with Crippen molar-refractivity contribution in [1.82, 2.24) is 0 Å². The van der Waals surface area contributed by atoms with E-state index in [9.17, 15) is 18.8 Å². The number of fused-ring (bicyclic) bond motifs is 1. The number of carbonyl (C=O) groups excluding carboxylic acids is 3. The van der Waals surface area contributed by atoms with Crippen molar-refractivity contribution in [2.75, 3.05) is 20.8 Å². The minimum absolute atomic E-state index is 0.0884. The van der Waals surface area contributed by atoms with Crippen LogP contribution < -0.4 is 4.74 Å². The maximum atomic E-state index is 13.7. The van der Waals surface area contributed by atoms with Crippen LogP contribution in [0.25, 0.3) is 0 Å². The lowest BCUT2D eigenvalue weighted by atomic mass is 9.73. The number of rotatable bonds is 5. The highest BCUT2D eigenvalue weighted by atomic mass is 19.1. The van der Waals surface area contributed by atoms with Gasteiger partial charge >= 0.3 is 11.9 Å². The van der Waals surface area contributed by atoms with Crippen LogP contribution in [0.5, 0.6) is 5.75 Å². The highest BCUT2D eigenvalue weighted by Gasteiger charge is 2.45. The molecule has 6 nitrogen and oxygen atoms in total. The molecule has 0 aromatic heterocycles. The fraction of sp³-hybridized carbons (Fsp3) is 0.471. The number of hydrogen-bond acceptors (Lipinski definition) is 6. The summed E-state index contributed by atoms with van der Waals surface area (Å²) in [5.74, 6) is -4.41. The smallest absolute Gasteiger partial charge is 0.320 e. The molecule has 1 aromatic carbocycles. The molecule has 1 aromatic rings. The summed E-state index contributed by atoms with van der Waals surface area (Å²) in [6.07, 6.45) is 0.0884. The molecule has 2 atom stereocenters. The van der Waals surface area contributed by atoms with Crippen LogP contribution in [-0.2, 0) is 23.9 Å². The molecule has 0 N–H and O–H groups in total. The third-order valence-corrected chi connectivity index (χ3v) is 4.11. The van der Waals surface area contributed by atoms with Gasteiger partial charge in [-0.1, -0.05) is 0 Å². The lowest BCUT2D eigenvalue weighted by Crippen LogP contribution is -2.40. The zero-order chi connectivity index (χ0) is 17.9. The van der Waals surface area contributed by atoms with Crippen LogP contribution in [0.4, 0.5) is 4.39 Å². The summed E-state index contributed by atoms with van der Waals surface area (Å²) in [7, 11) is 2.31. The van der Waals surface area contributed by atoms with Gasteiger partial charge in [0, 0.05) is 23.8 Å². The summed E-state index contributed by atoms with van der Waals surface area (Å²) in [5, 5.41) is 0. The number of halogens is 1. The summed E-state index contributed by atoms with van der Waals surface area (Å²) in [5.41, 5.74) is 0.355. The number of ether oxygens (including phenoxy) is 3. The van der Waals surface area contributed by atoms with Gasteiger partial charge in [-0.2, -0.15) is 0 Å². The monoisotopic (exact) mass is 338 g/mol. The molecular formula is C17H19FO6. The minimum atomic E-state index is -1.30. The topological polar surface area (TPSA) is 78.9 Å². The Kier molecular flexibility index (Phi) is 5.54. The first-order chi connectivity index (χ1) is 11.4. The fourth-order valence-electron chi connectivity index (χ4n) is 3.12. The Labute approximate surface area is 138 Å². The van der Waals surface area contributed by atoms with Crippen LogP contribution >= 0.6 is 0 Å². The molecule has 0 saturated carbocycles. The van der Waals surface area contributed by atoms with Gasteiger partial charge < -0.3 is 19.0 Å². The summed E-state index contributed by atoms with van der Waals surface area (Å²) < 4.78 is 28.8. The quantitative estimate of drug-likeness (QED) is 0.602. The van der Waals surface area contributed by atoms with Crippen LogP contribution in [0.3, 0.4) is 0 Å². The van der Waals surface area contributed by atoms with Gasteiger partial charge in [-0.25, -0.2) is 4.39 Å². The second-order valence-corrected chi connectivity index (χ2v) is 5.71. The Bertz CT molecular complexity index is 640. The molecule has 7 heteroatoms. The molecule has 2 rings (SSSR count). The van der Waals surface area contributed by atoms with Crippen molar-refractivity contribution >= 4 is 17.7 Å². The molecule has 1 aliphatic heterocycles. The van der Waals surface area contributed by atoms with E-state index in [0.29, 0.717) is 11.3 Å². The van der Waals surface area contributed by atoms with Gasteiger partial charge in [0.15, 0.2) is 5.92 Å². The van der Waals surface area contributed by atoms with Crippen molar-refractivity contribution in [2.24, 2.45) is 11.8 Å². The number of methoxy groups -OCH3 is 2. The third-order valence-electron chi connectivity index (χ3n) is 4.11. The Morgan fingerprint density at radius 1 is 1.25 bits per heavy atom. The van der Waals surface area contributed by atoms with Gasteiger partial charge in [-0.05, 0) is 25.1 Å². The molecule has 0 amide bonds. The van der Waals surface area contributed by atoms with Crippen LogP contribution in [0.15, 0.2) is 18.2 Å². The van der Waals surface area contributed by atoms with E-state index in [0.717, 1.165) is 14.2 Å². The SMILES string of the molecule is COC(=O)C(C(=O)OC)C1c2cc(F)ccc2OCC1CC(C)=O. The Balaban J connectivity index is 2.56. The van der Waals surface area contributed by atoms with E-state index in [2.05, 4.69) is 0 Å². The normalized spacial score (nSPS) is 19.2. The number of Topliss-reactive ketones (excluding diaryl/α,β-unsaturated/α-hetero) is 1. The number of ketones is 1. The maximum absolute atomic E-state index is 13.7. The van der Waals surface area contributed by atoms with E-state index >= 15 is 0 Å². The molecule has 0 bridgehead atoms. The molecule has 1 aliphatic rings. The summed E-state index contributed by atoms with van der Waals surface area (Å²) in [4.78, 5) is 36.0. The van der Waals surface area contributed by atoms with E-state index in [4.69, 9.17) is 14.2 Å². The highest BCUT2D eigenvalue weighted by Crippen LogP contribution is 2.44. The van der Waals surface area contributed by atoms with Crippen molar-refractivity contribution in [1.29, 1.82) is 0 Å². The molecule has 24 heavy (non-hydrogen) atoms. The van der Waals surface area contributed by atoms with E-state index in [1.165, 1.54) is 25.1 Å². The molecule has 2 unspecified atom stereocenters. The molecule has 130 valence electrons. The standard InChI is InChI=1S/C17H19FO6/c1-9(19)6-10-8-24-13-5-4-11(18)7-12(13)14(10)15(16(20)22-2)17(21)23-3/h4-5,7,10,14-15H,6,8H2,1-3H3. The Hall–Kier alpha value is -2.44. The zero-order valence-corrected chi connectivity index (χ0v) is 13.7. The fourth-order valence-corrected chi connectivity index (χ4v) is 3.12. The maximum Gasteiger partial charge on any atom is 0.320 e. The van der Waals surface area contributed by atoms with Crippen molar-refractivity contribution in [3.8, 4) is 5.75 Å². The largest absolute Gasteiger partial charge is 0.493 e. The first kappa shape index (κ1) is 17.9. The highest BCUT2D eigenvalue weighted by molar-refractivity contribution is 5.96. The van der Waals surface area contributed by atoms with Gasteiger partial charge in [-0.3, -0.25) is 9.59 Å². The first-order valence-electron chi connectivity index (χ1n) is 7.46. The lowest BCUT2D eigenvalue weighted by Gasteiger charge is -2.36. The number of carbonyl (C=O) groups is 3. The number of esters is 2. The summed E-state index contributed by atoms with van der Waals surface area (Å²) in [6.45, 7) is 1.54. The molecule has 0 fully saturated rings. The van der Waals surface area contributed by atoms with Gasteiger partial charge in [0.2, 0.25) is 0 Å². The van der Waals surface area contributed by atoms with Crippen LogP contribution in [0, 0.1) is 17.7 Å². The van der Waals surface area contributed by atoms with E-state index in [-0.39, 0.29) is 18.8 Å². The first-order valence-corrected chi connectivity index (χ1v) is 7.46. The molecule has 0 saturated heterocycles. The van der Waals surface area contributed by atoms with E-state index < -0.39 is 35.5 Å². The minimum Gasteiger partial charge on any atom is -0.493 e. The van der Waals surface area contributed by atoms with Crippen LogP contribution in [0.1, 0.15) is 24.8 Å². The lowest BCUT2D eigenvalue weighted by molar-refractivity contribution is -0.161. The number of hydrogen-bond donors (Lipinski definition) is 0. The molecule has 1 heterocycles. The zero-order valence-electron chi connectivity index (χ0n) is 13.7. The van der Waals surface area contributed by atoms with Gasteiger partial charge in [0.1, 0.15) is 17.3 Å². The van der Waals surface area contributed by atoms with Crippen LogP contribution in [0.2, 0.25) is 0 Å². The van der Waals surface area contributed by atoms with Crippen LogP contribution in [-0.4, -0.2) is 38.5 Å². The van der Waals surface area contributed by atoms with Crippen molar-refractivity contribution in [3.05, 3.63) is 29.6 Å². The second-order valence-electron chi connectivity index (χ2n) is 5.71. The summed E-state index contributed by atoms with van der Waals surface area (Å²) >= 11 is 0. The van der Waals surface area contributed by atoms with Crippen molar-refractivity contribution in [2.45, 2.75) is 19.3 Å². The van der Waals surface area contributed by atoms with Crippen molar-refractivity contribution in [3.63, 3.8) is 0 Å². The summed E-state index contributed by atoms with van der Waals surface area (Å²) in [6, 6.07) is 3.88. The molecule has 0 radical (unpaired) electrons. The third kappa shape index (κ3) is 3.55. The predicted octanol–water partition coefficient (Wildman–Crippen LogP) is 1.86. The average molecular weight is 338 g/mol. The van der Waals surface area contributed by atoms with Gasteiger partial charge in [-0.15, -0.1) is 0 Å². The Morgan fingerprint density at radius 2 is 1.88 bits per heavy atom. The molecule has 0 spiro atoms.